The molecule has 1 rings (SSSR count). The standard InChI is InChI=1S/C12H15ClN2O3/c1-7(14)5-11(16)15-8-3-4-10(13)9(6-8)12(17)18-2/h3-4,6-7H,5,14H2,1-2H3,(H,15,16). The molecule has 1 atom stereocenters. The Morgan fingerprint density at radius 3 is 2.72 bits per heavy atom. The number of nitrogens with two attached hydrogens (primary N) is 1. The van der Waals surface area contributed by atoms with Gasteiger partial charge < -0.3 is 15.8 Å². The zero-order valence-electron chi connectivity index (χ0n) is 10.2. The van der Waals surface area contributed by atoms with Crippen molar-refractivity contribution in [3.8, 4) is 0 Å². The van der Waals surface area contributed by atoms with Crippen LogP contribution in [0.15, 0.2) is 18.2 Å². The van der Waals surface area contributed by atoms with Gasteiger partial charge in [-0.25, -0.2) is 4.79 Å². The van der Waals surface area contributed by atoms with Crippen LogP contribution < -0.4 is 11.1 Å². The number of hydrogen-bond acceptors (Lipinski definition) is 4. The van der Waals surface area contributed by atoms with Crippen molar-refractivity contribution in [2.75, 3.05) is 12.4 Å². The molecule has 1 aromatic carbocycles. The highest BCUT2D eigenvalue weighted by atomic mass is 35.5. The number of esters is 1. The summed E-state index contributed by atoms with van der Waals surface area (Å²) in [7, 11) is 1.26. The van der Waals surface area contributed by atoms with Crippen molar-refractivity contribution >= 4 is 29.2 Å². The number of methoxy groups -OCH3 is 1. The molecule has 98 valence electrons. The van der Waals surface area contributed by atoms with E-state index in [0.717, 1.165) is 0 Å². The molecule has 1 aromatic rings. The van der Waals surface area contributed by atoms with Gasteiger partial charge in [-0.2, -0.15) is 0 Å². The lowest BCUT2D eigenvalue weighted by Gasteiger charge is -2.09. The van der Waals surface area contributed by atoms with Gasteiger partial charge in [0.05, 0.1) is 17.7 Å². The van der Waals surface area contributed by atoms with Crippen molar-refractivity contribution in [2.45, 2.75) is 19.4 Å². The summed E-state index contributed by atoms with van der Waals surface area (Å²) in [5.41, 5.74) is 6.20. The van der Waals surface area contributed by atoms with Crippen molar-refractivity contribution in [3.05, 3.63) is 28.8 Å². The third-order valence-electron chi connectivity index (χ3n) is 2.16. The first-order valence-electron chi connectivity index (χ1n) is 5.37. The van der Waals surface area contributed by atoms with Crippen LogP contribution in [0.4, 0.5) is 5.69 Å². The van der Waals surface area contributed by atoms with E-state index in [1.54, 1.807) is 13.0 Å². The average molecular weight is 271 g/mol. The molecule has 5 nitrogen and oxygen atoms in total. The van der Waals surface area contributed by atoms with Crippen LogP contribution in [-0.4, -0.2) is 25.0 Å². The van der Waals surface area contributed by atoms with E-state index in [0.29, 0.717) is 5.69 Å². The molecule has 0 fully saturated rings. The molecule has 0 aromatic heterocycles. The second kappa shape index (κ2) is 6.37. The molecule has 6 heteroatoms. The Balaban J connectivity index is 2.85. The molecule has 0 aliphatic rings. The number of benzene rings is 1. The lowest BCUT2D eigenvalue weighted by molar-refractivity contribution is -0.116. The van der Waals surface area contributed by atoms with Crippen LogP contribution in [0.2, 0.25) is 5.02 Å². The van der Waals surface area contributed by atoms with Crippen molar-refractivity contribution in [3.63, 3.8) is 0 Å². The predicted molar refractivity (Wildman–Crippen MR) is 69.7 cm³/mol. The minimum atomic E-state index is -0.553. The molecule has 0 radical (unpaired) electrons. The molecule has 0 saturated carbocycles. The normalized spacial score (nSPS) is 11.8. The monoisotopic (exact) mass is 270 g/mol. The molecule has 1 unspecified atom stereocenters. The number of anilines is 1. The second-order valence-electron chi connectivity index (χ2n) is 3.92. The molecular formula is C12H15ClN2O3. The van der Waals surface area contributed by atoms with Gasteiger partial charge >= 0.3 is 5.97 Å². The van der Waals surface area contributed by atoms with Gasteiger partial charge in [0.25, 0.3) is 0 Å². The van der Waals surface area contributed by atoms with Gasteiger partial charge in [0, 0.05) is 18.2 Å². The summed E-state index contributed by atoms with van der Waals surface area (Å²) < 4.78 is 4.59. The molecule has 0 spiro atoms. The topological polar surface area (TPSA) is 81.4 Å². The summed E-state index contributed by atoms with van der Waals surface area (Å²) in [4.78, 5) is 22.9. The van der Waals surface area contributed by atoms with E-state index in [4.69, 9.17) is 17.3 Å². The van der Waals surface area contributed by atoms with Gasteiger partial charge in [0.15, 0.2) is 0 Å². The number of rotatable bonds is 4. The fourth-order valence-electron chi connectivity index (χ4n) is 1.37. The van der Waals surface area contributed by atoms with Crippen LogP contribution in [0.1, 0.15) is 23.7 Å². The van der Waals surface area contributed by atoms with Gasteiger partial charge in [-0.15, -0.1) is 0 Å². The third-order valence-corrected chi connectivity index (χ3v) is 2.49. The first kappa shape index (κ1) is 14.5. The van der Waals surface area contributed by atoms with E-state index >= 15 is 0 Å². The van der Waals surface area contributed by atoms with Gasteiger partial charge in [-0.3, -0.25) is 4.79 Å². The van der Waals surface area contributed by atoms with E-state index in [9.17, 15) is 9.59 Å². The minimum absolute atomic E-state index is 0.205. The lowest BCUT2D eigenvalue weighted by atomic mass is 10.2. The quantitative estimate of drug-likeness (QED) is 0.818. The molecule has 1 amide bonds. The maximum Gasteiger partial charge on any atom is 0.339 e. The first-order valence-corrected chi connectivity index (χ1v) is 5.75. The van der Waals surface area contributed by atoms with Crippen molar-refractivity contribution in [1.82, 2.24) is 0 Å². The van der Waals surface area contributed by atoms with Crippen LogP contribution in [0.25, 0.3) is 0 Å². The van der Waals surface area contributed by atoms with Crippen LogP contribution >= 0.6 is 11.6 Å². The maximum absolute atomic E-state index is 11.5. The number of nitrogens with one attached hydrogen (secondary N) is 1. The van der Waals surface area contributed by atoms with E-state index in [1.165, 1.54) is 19.2 Å². The highest BCUT2D eigenvalue weighted by Gasteiger charge is 2.12. The van der Waals surface area contributed by atoms with Crippen molar-refractivity contribution < 1.29 is 14.3 Å². The number of amides is 1. The van der Waals surface area contributed by atoms with E-state index in [1.807, 2.05) is 0 Å². The summed E-state index contributed by atoms with van der Waals surface area (Å²) in [6, 6.07) is 4.37. The van der Waals surface area contributed by atoms with E-state index < -0.39 is 5.97 Å². The Morgan fingerprint density at radius 1 is 1.50 bits per heavy atom. The summed E-state index contributed by atoms with van der Waals surface area (Å²) in [6.45, 7) is 1.74. The number of ether oxygens (including phenoxy) is 1. The molecule has 0 saturated heterocycles. The smallest absolute Gasteiger partial charge is 0.339 e. The fourth-order valence-corrected chi connectivity index (χ4v) is 1.57. The summed E-state index contributed by atoms with van der Waals surface area (Å²) >= 11 is 5.86. The first-order chi connectivity index (χ1) is 8.43. The molecule has 18 heavy (non-hydrogen) atoms. The van der Waals surface area contributed by atoms with E-state index in [-0.39, 0.29) is 29.0 Å². The largest absolute Gasteiger partial charge is 0.465 e. The Hall–Kier alpha value is -1.59. The average Bonchev–Trinajstić information content (AvgIpc) is 2.29. The number of hydrogen-bond donors (Lipinski definition) is 2. The summed E-state index contributed by atoms with van der Waals surface area (Å²) in [5, 5.41) is 2.90. The predicted octanol–water partition coefficient (Wildman–Crippen LogP) is 1.80. The zero-order chi connectivity index (χ0) is 13.7. The summed E-state index contributed by atoms with van der Waals surface area (Å²) in [6.07, 6.45) is 0.205. The summed E-state index contributed by atoms with van der Waals surface area (Å²) in [5.74, 6) is -0.772. The number of carbonyl (C=O) groups excluding carboxylic acids is 2. The van der Waals surface area contributed by atoms with Gasteiger partial charge in [0.2, 0.25) is 5.91 Å². The second-order valence-corrected chi connectivity index (χ2v) is 4.32. The highest BCUT2D eigenvalue weighted by molar-refractivity contribution is 6.33. The van der Waals surface area contributed by atoms with Crippen molar-refractivity contribution in [1.29, 1.82) is 0 Å². The molecule has 0 bridgehead atoms. The molecule has 0 heterocycles. The molecule has 3 N–H and O–H groups in total. The van der Waals surface area contributed by atoms with Gasteiger partial charge in [-0.05, 0) is 25.1 Å². The van der Waals surface area contributed by atoms with Crippen LogP contribution in [0, 0.1) is 0 Å². The molecular weight excluding hydrogens is 256 g/mol. The lowest BCUT2D eigenvalue weighted by Crippen LogP contribution is -2.24. The van der Waals surface area contributed by atoms with Gasteiger partial charge in [-0.1, -0.05) is 11.6 Å². The van der Waals surface area contributed by atoms with Crippen LogP contribution in [-0.2, 0) is 9.53 Å². The zero-order valence-corrected chi connectivity index (χ0v) is 11.0. The van der Waals surface area contributed by atoms with Crippen LogP contribution in [0.5, 0.6) is 0 Å². The fraction of sp³-hybridized carbons (Fsp3) is 0.333. The molecule has 0 aliphatic heterocycles. The Morgan fingerprint density at radius 2 is 2.17 bits per heavy atom. The maximum atomic E-state index is 11.5. The van der Waals surface area contributed by atoms with Crippen LogP contribution in [0.3, 0.4) is 0 Å². The number of carbonyl (C=O) groups is 2. The minimum Gasteiger partial charge on any atom is -0.465 e. The van der Waals surface area contributed by atoms with E-state index in [2.05, 4.69) is 10.1 Å². The Labute approximate surface area is 110 Å². The Bertz CT molecular complexity index is 461. The van der Waals surface area contributed by atoms with Crippen molar-refractivity contribution in [2.24, 2.45) is 5.73 Å². The highest BCUT2D eigenvalue weighted by Crippen LogP contribution is 2.21. The third kappa shape index (κ3) is 4.01. The number of halogens is 1. The Kier molecular flexibility index (Phi) is 5.12. The molecule has 0 aliphatic carbocycles. The SMILES string of the molecule is COC(=O)c1cc(NC(=O)CC(C)N)ccc1Cl. The van der Waals surface area contributed by atoms with Gasteiger partial charge in [0.1, 0.15) is 0 Å².